The molecule has 0 N–H and O–H groups in total. The van der Waals surface area contributed by atoms with Gasteiger partial charge in [-0.15, -0.1) is 0 Å². The lowest BCUT2D eigenvalue weighted by atomic mass is 9.94. The second kappa shape index (κ2) is 9.33. The second-order valence-corrected chi connectivity index (χ2v) is 6.69. The Labute approximate surface area is 173 Å². The maximum Gasteiger partial charge on any atom is 0.271 e. The number of carbonyl (C=O) groups is 2. The molecule has 0 bridgehead atoms. The van der Waals surface area contributed by atoms with E-state index in [9.17, 15) is 19.2 Å². The van der Waals surface area contributed by atoms with Gasteiger partial charge in [0.1, 0.15) is 29.0 Å². The van der Waals surface area contributed by atoms with Crippen molar-refractivity contribution in [3.8, 4) is 17.4 Å². The normalized spacial score (nSPS) is 15.8. The Kier molecular flexibility index (Phi) is 6.60. The maximum atomic E-state index is 13.1. The summed E-state index contributed by atoms with van der Waals surface area (Å²) in [5.74, 6) is -0.526. The number of hydrogen-bond donors (Lipinski definition) is 0. The van der Waals surface area contributed by atoms with Gasteiger partial charge in [0.2, 0.25) is 0 Å². The summed E-state index contributed by atoms with van der Waals surface area (Å²) in [5.41, 5.74) is 1.16. The molecule has 0 fully saturated rings. The number of furan rings is 1. The Morgan fingerprint density at radius 1 is 1.17 bits per heavy atom. The van der Waals surface area contributed by atoms with Crippen LogP contribution < -0.4 is 0 Å². The van der Waals surface area contributed by atoms with Gasteiger partial charge in [0.25, 0.3) is 11.8 Å². The summed E-state index contributed by atoms with van der Waals surface area (Å²) in [4.78, 5) is 26.6. The van der Waals surface area contributed by atoms with E-state index in [0.717, 1.165) is 4.90 Å². The Morgan fingerprint density at radius 2 is 1.90 bits per heavy atom. The highest BCUT2D eigenvalue weighted by molar-refractivity contribution is 6.19. The van der Waals surface area contributed by atoms with Crippen molar-refractivity contribution in [2.24, 2.45) is 0 Å². The molecule has 3 rings (SSSR count). The number of imide groups is 1. The SMILES string of the molecule is CCOCCCN1C(=O)C(C#N)=C(C)/C(=C\c2ccc(-c3ccc(F)cc3)o2)C1=O. The van der Waals surface area contributed by atoms with E-state index in [-0.39, 0.29) is 23.5 Å². The molecule has 0 saturated heterocycles. The molecule has 0 radical (unpaired) electrons. The second-order valence-electron chi connectivity index (χ2n) is 6.69. The van der Waals surface area contributed by atoms with Crippen LogP contribution in [0, 0.1) is 17.1 Å². The third-order valence-electron chi connectivity index (χ3n) is 4.74. The Bertz CT molecular complexity index is 1060. The molecule has 154 valence electrons. The summed E-state index contributed by atoms with van der Waals surface area (Å²) >= 11 is 0. The average molecular weight is 408 g/mol. The number of amides is 2. The fourth-order valence-electron chi connectivity index (χ4n) is 3.14. The number of benzene rings is 1. The van der Waals surface area contributed by atoms with Crippen LogP contribution in [0.3, 0.4) is 0 Å². The number of ether oxygens (including phenoxy) is 1. The van der Waals surface area contributed by atoms with Crippen LogP contribution in [0.25, 0.3) is 17.4 Å². The van der Waals surface area contributed by atoms with E-state index in [2.05, 4.69) is 0 Å². The van der Waals surface area contributed by atoms with Crippen molar-refractivity contribution in [2.45, 2.75) is 20.3 Å². The third-order valence-corrected chi connectivity index (χ3v) is 4.74. The van der Waals surface area contributed by atoms with Crippen LogP contribution >= 0.6 is 0 Å². The van der Waals surface area contributed by atoms with Crippen LogP contribution in [-0.2, 0) is 14.3 Å². The van der Waals surface area contributed by atoms with Gasteiger partial charge in [-0.2, -0.15) is 5.26 Å². The Hall–Kier alpha value is -3.50. The first-order valence-corrected chi connectivity index (χ1v) is 9.59. The molecular formula is C23H21FN2O4. The smallest absolute Gasteiger partial charge is 0.271 e. The number of halogens is 1. The van der Waals surface area contributed by atoms with Gasteiger partial charge in [-0.3, -0.25) is 14.5 Å². The lowest BCUT2D eigenvalue weighted by molar-refractivity contribution is -0.140. The van der Waals surface area contributed by atoms with E-state index < -0.39 is 11.8 Å². The minimum Gasteiger partial charge on any atom is -0.457 e. The quantitative estimate of drug-likeness (QED) is 0.391. The lowest BCUT2D eigenvalue weighted by Gasteiger charge is -2.27. The molecule has 2 heterocycles. The molecule has 1 aliphatic heterocycles. The zero-order chi connectivity index (χ0) is 21.7. The highest BCUT2D eigenvalue weighted by Gasteiger charge is 2.35. The molecule has 0 aliphatic carbocycles. The maximum absolute atomic E-state index is 13.1. The fourth-order valence-corrected chi connectivity index (χ4v) is 3.14. The van der Waals surface area contributed by atoms with Gasteiger partial charge in [0.05, 0.1) is 0 Å². The Morgan fingerprint density at radius 3 is 2.57 bits per heavy atom. The van der Waals surface area contributed by atoms with Gasteiger partial charge in [0, 0.05) is 30.9 Å². The van der Waals surface area contributed by atoms with Gasteiger partial charge < -0.3 is 9.15 Å². The molecule has 1 aliphatic rings. The van der Waals surface area contributed by atoms with E-state index in [4.69, 9.17) is 9.15 Å². The molecule has 30 heavy (non-hydrogen) atoms. The standard InChI is InChI=1S/C23H21FN2O4/c1-3-29-12-4-11-26-22(27)19(15(2)20(14-25)23(26)28)13-18-9-10-21(30-18)16-5-7-17(24)8-6-16/h5-10,13H,3-4,11-12H2,1-2H3/b19-13+. The van der Waals surface area contributed by atoms with Crippen LogP contribution in [0.2, 0.25) is 0 Å². The largest absolute Gasteiger partial charge is 0.457 e. The van der Waals surface area contributed by atoms with Crippen molar-refractivity contribution < 1.29 is 23.1 Å². The molecule has 2 aromatic rings. The number of nitrogens with zero attached hydrogens (tertiary/aromatic N) is 2. The van der Waals surface area contributed by atoms with Crippen LogP contribution in [-0.4, -0.2) is 36.5 Å². The third kappa shape index (κ3) is 4.39. The summed E-state index contributed by atoms with van der Waals surface area (Å²) in [6.45, 7) is 4.55. The van der Waals surface area contributed by atoms with E-state index in [1.807, 2.05) is 13.0 Å². The van der Waals surface area contributed by atoms with Gasteiger partial charge in [0.15, 0.2) is 0 Å². The average Bonchev–Trinajstić information content (AvgIpc) is 3.20. The van der Waals surface area contributed by atoms with Crippen molar-refractivity contribution in [3.05, 3.63) is 64.7 Å². The summed E-state index contributed by atoms with van der Waals surface area (Å²) in [6.07, 6.45) is 2.00. The van der Waals surface area contributed by atoms with Crippen LogP contribution in [0.1, 0.15) is 26.0 Å². The molecule has 0 spiro atoms. The fraction of sp³-hybridized carbons (Fsp3) is 0.261. The van der Waals surface area contributed by atoms with E-state index in [0.29, 0.717) is 42.3 Å². The van der Waals surface area contributed by atoms with Gasteiger partial charge in [-0.1, -0.05) is 0 Å². The number of hydrogen-bond acceptors (Lipinski definition) is 5. The highest BCUT2D eigenvalue weighted by Crippen LogP contribution is 2.29. The van der Waals surface area contributed by atoms with Crippen molar-refractivity contribution in [1.29, 1.82) is 5.26 Å². The van der Waals surface area contributed by atoms with Gasteiger partial charge >= 0.3 is 0 Å². The van der Waals surface area contributed by atoms with Crippen LogP contribution in [0.4, 0.5) is 4.39 Å². The van der Waals surface area contributed by atoms with Crippen molar-refractivity contribution in [3.63, 3.8) is 0 Å². The molecule has 2 amide bonds. The number of nitriles is 1. The predicted molar refractivity (Wildman–Crippen MR) is 108 cm³/mol. The molecule has 1 aromatic carbocycles. The van der Waals surface area contributed by atoms with Crippen LogP contribution in [0.5, 0.6) is 0 Å². The van der Waals surface area contributed by atoms with Crippen molar-refractivity contribution in [2.75, 3.05) is 19.8 Å². The molecule has 6 nitrogen and oxygen atoms in total. The van der Waals surface area contributed by atoms with E-state index >= 15 is 0 Å². The summed E-state index contributed by atoms with van der Waals surface area (Å²) < 4.78 is 24.2. The first kappa shape index (κ1) is 21.2. The van der Waals surface area contributed by atoms with Crippen LogP contribution in [0.15, 0.2) is 57.5 Å². The van der Waals surface area contributed by atoms with Gasteiger partial charge in [-0.25, -0.2) is 4.39 Å². The van der Waals surface area contributed by atoms with E-state index in [1.165, 1.54) is 18.2 Å². The molecule has 7 heteroatoms. The minimum atomic E-state index is -0.597. The first-order valence-electron chi connectivity index (χ1n) is 9.59. The van der Waals surface area contributed by atoms with Crippen molar-refractivity contribution >= 4 is 17.9 Å². The summed E-state index contributed by atoms with van der Waals surface area (Å²) in [7, 11) is 0. The van der Waals surface area contributed by atoms with Gasteiger partial charge in [-0.05, 0) is 68.3 Å². The zero-order valence-electron chi connectivity index (χ0n) is 16.8. The lowest BCUT2D eigenvalue weighted by Crippen LogP contribution is -2.43. The first-order chi connectivity index (χ1) is 14.5. The summed E-state index contributed by atoms with van der Waals surface area (Å²) in [6, 6.07) is 11.1. The highest BCUT2D eigenvalue weighted by atomic mass is 19.1. The zero-order valence-corrected chi connectivity index (χ0v) is 16.8. The predicted octanol–water partition coefficient (Wildman–Crippen LogP) is 4.10. The minimum absolute atomic E-state index is 0.0671. The van der Waals surface area contributed by atoms with E-state index in [1.54, 1.807) is 31.2 Å². The topological polar surface area (TPSA) is 83.5 Å². The summed E-state index contributed by atoms with van der Waals surface area (Å²) in [5, 5.41) is 9.43. The monoisotopic (exact) mass is 408 g/mol. The Balaban J connectivity index is 1.91. The number of rotatable bonds is 7. The molecule has 0 atom stereocenters. The molecule has 0 saturated carbocycles. The number of carbonyl (C=O) groups excluding carboxylic acids is 2. The molecule has 1 aromatic heterocycles. The molecule has 0 unspecified atom stereocenters. The molecular weight excluding hydrogens is 387 g/mol. The van der Waals surface area contributed by atoms with Crippen molar-refractivity contribution in [1.82, 2.24) is 4.90 Å².